The first-order chi connectivity index (χ1) is 7.19. The molecule has 1 atom stereocenters. The summed E-state index contributed by atoms with van der Waals surface area (Å²) in [6, 6.07) is 0.0936. The summed E-state index contributed by atoms with van der Waals surface area (Å²) in [5.74, 6) is 0. The monoisotopic (exact) mass is 231 g/mol. The van der Waals surface area contributed by atoms with Crippen molar-refractivity contribution >= 4 is 17.3 Å². The Kier molecular flexibility index (Phi) is 4.58. The van der Waals surface area contributed by atoms with Crippen LogP contribution in [0.1, 0.15) is 19.8 Å². The van der Waals surface area contributed by atoms with Gasteiger partial charge in [-0.2, -0.15) is 5.10 Å². The SMILES string of the molecule is CCC(CCO)Nc1cn[nH]c(=O)c1Cl. The van der Waals surface area contributed by atoms with E-state index in [4.69, 9.17) is 16.7 Å². The number of hydrogen-bond acceptors (Lipinski definition) is 4. The quantitative estimate of drug-likeness (QED) is 0.707. The molecule has 15 heavy (non-hydrogen) atoms. The second-order valence-electron chi connectivity index (χ2n) is 3.19. The van der Waals surface area contributed by atoms with Gasteiger partial charge >= 0.3 is 0 Å². The lowest BCUT2D eigenvalue weighted by molar-refractivity contribution is 0.278. The number of H-pyrrole nitrogens is 1. The molecule has 0 aromatic carbocycles. The maximum atomic E-state index is 11.1. The van der Waals surface area contributed by atoms with Gasteiger partial charge in [-0.05, 0) is 12.8 Å². The van der Waals surface area contributed by atoms with Crippen LogP contribution in [0.15, 0.2) is 11.0 Å². The molecular formula is C9H14ClN3O2. The van der Waals surface area contributed by atoms with Crippen LogP contribution in [0.3, 0.4) is 0 Å². The third-order valence-electron chi connectivity index (χ3n) is 2.13. The number of halogens is 1. The molecule has 3 N–H and O–H groups in total. The Morgan fingerprint density at radius 3 is 3.07 bits per heavy atom. The van der Waals surface area contributed by atoms with Gasteiger partial charge in [0, 0.05) is 12.6 Å². The summed E-state index contributed by atoms with van der Waals surface area (Å²) < 4.78 is 0. The Morgan fingerprint density at radius 1 is 1.73 bits per heavy atom. The summed E-state index contributed by atoms with van der Waals surface area (Å²) in [6.45, 7) is 2.08. The highest BCUT2D eigenvalue weighted by Gasteiger charge is 2.09. The Bertz CT molecular complexity index is 367. The third-order valence-corrected chi connectivity index (χ3v) is 2.50. The van der Waals surface area contributed by atoms with Gasteiger partial charge in [0.1, 0.15) is 5.02 Å². The molecule has 1 aromatic heterocycles. The first kappa shape index (κ1) is 12.0. The molecule has 6 heteroatoms. The van der Waals surface area contributed by atoms with E-state index < -0.39 is 5.56 Å². The van der Waals surface area contributed by atoms with E-state index in [9.17, 15) is 4.79 Å². The van der Waals surface area contributed by atoms with Gasteiger partial charge in [-0.25, -0.2) is 5.10 Å². The minimum Gasteiger partial charge on any atom is -0.396 e. The molecule has 0 amide bonds. The molecule has 0 spiro atoms. The first-order valence-corrected chi connectivity index (χ1v) is 5.17. The third kappa shape index (κ3) is 3.21. The van der Waals surface area contributed by atoms with Crippen molar-refractivity contribution in [3.63, 3.8) is 0 Å². The van der Waals surface area contributed by atoms with Crippen molar-refractivity contribution in [1.82, 2.24) is 10.2 Å². The molecule has 0 aliphatic rings. The van der Waals surface area contributed by atoms with Gasteiger partial charge in [0.25, 0.3) is 5.56 Å². The van der Waals surface area contributed by atoms with Gasteiger partial charge in [0.05, 0.1) is 11.9 Å². The zero-order chi connectivity index (χ0) is 11.3. The van der Waals surface area contributed by atoms with Crippen LogP contribution in [-0.4, -0.2) is 28.0 Å². The fourth-order valence-corrected chi connectivity index (χ4v) is 1.38. The highest BCUT2D eigenvalue weighted by molar-refractivity contribution is 6.32. The lowest BCUT2D eigenvalue weighted by Crippen LogP contribution is -2.22. The average molecular weight is 232 g/mol. The van der Waals surface area contributed by atoms with Crippen molar-refractivity contribution < 1.29 is 5.11 Å². The van der Waals surface area contributed by atoms with E-state index in [1.165, 1.54) is 6.20 Å². The van der Waals surface area contributed by atoms with E-state index in [2.05, 4.69) is 15.5 Å². The number of nitrogens with zero attached hydrogens (tertiary/aromatic N) is 1. The van der Waals surface area contributed by atoms with Crippen LogP contribution in [0, 0.1) is 0 Å². The van der Waals surface area contributed by atoms with Crippen LogP contribution in [-0.2, 0) is 0 Å². The van der Waals surface area contributed by atoms with Crippen molar-refractivity contribution in [3.8, 4) is 0 Å². The fraction of sp³-hybridized carbons (Fsp3) is 0.556. The van der Waals surface area contributed by atoms with Crippen molar-refractivity contribution in [2.24, 2.45) is 0 Å². The maximum Gasteiger partial charge on any atom is 0.285 e. The average Bonchev–Trinajstić information content (AvgIpc) is 2.24. The van der Waals surface area contributed by atoms with Crippen LogP contribution in [0.5, 0.6) is 0 Å². The Balaban J connectivity index is 2.79. The van der Waals surface area contributed by atoms with Crippen molar-refractivity contribution in [2.45, 2.75) is 25.8 Å². The molecule has 0 bridgehead atoms. The van der Waals surface area contributed by atoms with Crippen LogP contribution < -0.4 is 10.9 Å². The summed E-state index contributed by atoms with van der Waals surface area (Å²) in [4.78, 5) is 11.1. The Labute approximate surface area is 92.5 Å². The molecule has 0 saturated carbocycles. The lowest BCUT2D eigenvalue weighted by Gasteiger charge is -2.17. The number of aromatic amines is 1. The van der Waals surface area contributed by atoms with E-state index in [0.29, 0.717) is 12.1 Å². The zero-order valence-electron chi connectivity index (χ0n) is 8.46. The lowest BCUT2D eigenvalue weighted by atomic mass is 10.1. The molecule has 5 nitrogen and oxygen atoms in total. The topological polar surface area (TPSA) is 78.0 Å². The van der Waals surface area contributed by atoms with Gasteiger partial charge in [-0.3, -0.25) is 4.79 Å². The van der Waals surface area contributed by atoms with E-state index >= 15 is 0 Å². The van der Waals surface area contributed by atoms with Crippen LogP contribution in [0.2, 0.25) is 5.02 Å². The summed E-state index contributed by atoms with van der Waals surface area (Å²) in [7, 11) is 0. The molecular weight excluding hydrogens is 218 g/mol. The maximum absolute atomic E-state index is 11.1. The zero-order valence-corrected chi connectivity index (χ0v) is 9.21. The van der Waals surface area contributed by atoms with Gasteiger partial charge in [0.15, 0.2) is 0 Å². The normalized spacial score (nSPS) is 12.5. The van der Waals surface area contributed by atoms with E-state index in [1.54, 1.807) is 0 Å². The van der Waals surface area contributed by atoms with Gasteiger partial charge < -0.3 is 10.4 Å². The van der Waals surface area contributed by atoms with Gasteiger partial charge in [0.2, 0.25) is 0 Å². The smallest absolute Gasteiger partial charge is 0.285 e. The van der Waals surface area contributed by atoms with E-state index in [0.717, 1.165) is 6.42 Å². The molecule has 1 heterocycles. The highest BCUT2D eigenvalue weighted by atomic mass is 35.5. The first-order valence-electron chi connectivity index (χ1n) is 4.79. The molecule has 0 aliphatic heterocycles. The van der Waals surface area contributed by atoms with Crippen molar-refractivity contribution in [3.05, 3.63) is 21.6 Å². The molecule has 1 aromatic rings. The summed E-state index contributed by atoms with van der Waals surface area (Å²) in [6.07, 6.45) is 2.91. The summed E-state index contributed by atoms with van der Waals surface area (Å²) in [5.41, 5.74) is 0.0845. The Morgan fingerprint density at radius 2 is 2.47 bits per heavy atom. The minimum atomic E-state index is -0.416. The molecule has 1 rings (SSSR count). The number of hydrogen-bond donors (Lipinski definition) is 3. The largest absolute Gasteiger partial charge is 0.396 e. The van der Waals surface area contributed by atoms with E-state index in [1.807, 2.05) is 6.92 Å². The van der Waals surface area contributed by atoms with Crippen molar-refractivity contribution in [2.75, 3.05) is 11.9 Å². The molecule has 84 valence electrons. The van der Waals surface area contributed by atoms with Gasteiger partial charge in [-0.15, -0.1) is 0 Å². The molecule has 0 fully saturated rings. The number of anilines is 1. The number of aliphatic hydroxyl groups excluding tert-OH is 1. The fourth-order valence-electron chi connectivity index (χ4n) is 1.24. The number of aromatic nitrogens is 2. The van der Waals surface area contributed by atoms with Crippen LogP contribution in [0.4, 0.5) is 5.69 Å². The summed E-state index contributed by atoms with van der Waals surface area (Å²) >= 11 is 5.79. The Hall–Kier alpha value is -1.07. The number of nitrogens with one attached hydrogen (secondary N) is 2. The van der Waals surface area contributed by atoms with Crippen LogP contribution in [0.25, 0.3) is 0 Å². The molecule has 0 aliphatic carbocycles. The number of rotatable bonds is 5. The standard InChI is InChI=1S/C9H14ClN3O2/c1-2-6(3-4-14)12-7-5-11-13-9(15)8(7)10/h5-6,14H,2-4H2,1H3,(H2,12,13,15). The molecule has 0 saturated heterocycles. The minimum absolute atomic E-state index is 0.0936. The predicted octanol–water partition coefficient (Wildman–Crippen LogP) is 0.996. The molecule has 0 radical (unpaired) electrons. The second kappa shape index (κ2) is 5.72. The highest BCUT2D eigenvalue weighted by Crippen LogP contribution is 2.17. The number of aliphatic hydroxyl groups is 1. The summed E-state index contributed by atoms with van der Waals surface area (Å²) in [5, 5.41) is 17.9. The van der Waals surface area contributed by atoms with E-state index in [-0.39, 0.29) is 17.7 Å². The molecule has 1 unspecified atom stereocenters. The van der Waals surface area contributed by atoms with Gasteiger partial charge in [-0.1, -0.05) is 18.5 Å². The van der Waals surface area contributed by atoms with Crippen molar-refractivity contribution in [1.29, 1.82) is 0 Å². The van der Waals surface area contributed by atoms with Crippen LogP contribution >= 0.6 is 11.6 Å². The predicted molar refractivity (Wildman–Crippen MR) is 59.3 cm³/mol. The second-order valence-corrected chi connectivity index (χ2v) is 3.57.